The first kappa shape index (κ1) is 30.0. The standard InChI is InChI=1S/C50H34N2/c1-2-12-38(13-3-1)46-32-41(24-28-48(46)51-43-26-22-34-10-4-6-14-39(34)30-43)36-18-20-37(21-19-36)42-25-29-50-47(33-42)45-16-8-9-17-49(45)52(50)44-27-23-35-11-5-7-15-40(35)31-44/h1-33,51H. The van der Waals surface area contributed by atoms with Crippen molar-refractivity contribution in [3.8, 4) is 39.1 Å². The first-order valence-corrected chi connectivity index (χ1v) is 17.8. The smallest absolute Gasteiger partial charge is 0.0541 e. The molecule has 0 amide bonds. The average molecular weight is 663 g/mol. The van der Waals surface area contributed by atoms with Crippen molar-refractivity contribution in [2.75, 3.05) is 5.32 Å². The molecule has 0 saturated carbocycles. The van der Waals surface area contributed by atoms with Crippen molar-refractivity contribution >= 4 is 54.7 Å². The van der Waals surface area contributed by atoms with Crippen LogP contribution in [0.2, 0.25) is 0 Å². The van der Waals surface area contributed by atoms with Gasteiger partial charge in [-0.3, -0.25) is 0 Å². The third-order valence-corrected chi connectivity index (χ3v) is 10.3. The van der Waals surface area contributed by atoms with Crippen molar-refractivity contribution in [2.45, 2.75) is 0 Å². The summed E-state index contributed by atoms with van der Waals surface area (Å²) >= 11 is 0. The minimum atomic E-state index is 1.07. The lowest BCUT2D eigenvalue weighted by Gasteiger charge is -2.15. The molecule has 2 nitrogen and oxygen atoms in total. The van der Waals surface area contributed by atoms with Crippen LogP contribution in [0.1, 0.15) is 0 Å². The molecule has 9 aromatic carbocycles. The molecule has 52 heavy (non-hydrogen) atoms. The van der Waals surface area contributed by atoms with Crippen LogP contribution in [0.15, 0.2) is 200 Å². The molecule has 1 N–H and O–H groups in total. The summed E-state index contributed by atoms with van der Waals surface area (Å²) < 4.78 is 2.40. The fourth-order valence-corrected chi connectivity index (χ4v) is 7.71. The number of nitrogens with zero attached hydrogens (tertiary/aromatic N) is 1. The summed E-state index contributed by atoms with van der Waals surface area (Å²) in [4.78, 5) is 0. The first-order valence-electron chi connectivity index (χ1n) is 17.8. The van der Waals surface area contributed by atoms with Crippen molar-refractivity contribution in [1.82, 2.24) is 4.57 Å². The van der Waals surface area contributed by atoms with E-state index in [9.17, 15) is 0 Å². The first-order chi connectivity index (χ1) is 25.7. The van der Waals surface area contributed by atoms with Crippen LogP contribution in [-0.2, 0) is 0 Å². The lowest BCUT2D eigenvalue weighted by Crippen LogP contribution is -1.94. The maximum Gasteiger partial charge on any atom is 0.0541 e. The molecule has 0 spiro atoms. The highest BCUT2D eigenvalue weighted by Crippen LogP contribution is 2.38. The second kappa shape index (κ2) is 12.5. The molecule has 0 atom stereocenters. The molecule has 2 heteroatoms. The molecule has 10 rings (SSSR count). The van der Waals surface area contributed by atoms with Crippen molar-refractivity contribution in [3.05, 3.63) is 200 Å². The van der Waals surface area contributed by atoms with Gasteiger partial charge in [0.1, 0.15) is 0 Å². The molecule has 0 saturated heterocycles. The number of hydrogen-bond acceptors (Lipinski definition) is 1. The van der Waals surface area contributed by atoms with Gasteiger partial charge in [0, 0.05) is 33.4 Å². The van der Waals surface area contributed by atoms with E-state index in [2.05, 4.69) is 210 Å². The molecule has 0 radical (unpaired) electrons. The van der Waals surface area contributed by atoms with Crippen molar-refractivity contribution in [3.63, 3.8) is 0 Å². The van der Waals surface area contributed by atoms with Crippen LogP contribution in [0.25, 0.3) is 82.4 Å². The molecule has 0 unspecified atom stereocenters. The number of anilines is 2. The number of hydrogen-bond donors (Lipinski definition) is 1. The Morgan fingerprint density at radius 3 is 1.67 bits per heavy atom. The Labute approximate surface area is 302 Å². The molecule has 0 aliphatic carbocycles. The molecule has 1 heterocycles. The summed E-state index contributed by atoms with van der Waals surface area (Å²) in [6.45, 7) is 0. The van der Waals surface area contributed by atoms with Gasteiger partial charge in [-0.15, -0.1) is 0 Å². The van der Waals surface area contributed by atoms with Crippen LogP contribution < -0.4 is 5.32 Å². The second-order valence-electron chi connectivity index (χ2n) is 13.5. The van der Waals surface area contributed by atoms with Crippen LogP contribution in [-0.4, -0.2) is 4.57 Å². The normalized spacial score (nSPS) is 11.5. The lowest BCUT2D eigenvalue weighted by atomic mass is 9.95. The monoisotopic (exact) mass is 662 g/mol. The quantitative estimate of drug-likeness (QED) is 0.187. The fourth-order valence-electron chi connectivity index (χ4n) is 7.71. The molecular formula is C50H34N2. The molecule has 10 aromatic rings. The minimum Gasteiger partial charge on any atom is -0.355 e. The summed E-state index contributed by atoms with van der Waals surface area (Å²) in [5, 5.41) is 11.2. The van der Waals surface area contributed by atoms with E-state index < -0.39 is 0 Å². The minimum absolute atomic E-state index is 1.07. The second-order valence-corrected chi connectivity index (χ2v) is 13.5. The maximum absolute atomic E-state index is 3.72. The summed E-state index contributed by atoms with van der Waals surface area (Å²) in [6.07, 6.45) is 0. The van der Waals surface area contributed by atoms with Gasteiger partial charge in [-0.2, -0.15) is 0 Å². The Kier molecular flexibility index (Phi) is 7.18. The van der Waals surface area contributed by atoms with Gasteiger partial charge >= 0.3 is 0 Å². The highest BCUT2D eigenvalue weighted by Gasteiger charge is 2.14. The summed E-state index contributed by atoms with van der Waals surface area (Å²) in [5.74, 6) is 0. The largest absolute Gasteiger partial charge is 0.355 e. The third kappa shape index (κ3) is 5.30. The molecule has 1 aromatic heterocycles. The van der Waals surface area contributed by atoms with Crippen LogP contribution >= 0.6 is 0 Å². The average Bonchev–Trinajstić information content (AvgIpc) is 3.55. The van der Waals surface area contributed by atoms with Crippen LogP contribution in [0.5, 0.6) is 0 Å². The van der Waals surface area contributed by atoms with E-state index in [-0.39, 0.29) is 0 Å². The molecule has 0 bridgehead atoms. The van der Waals surface area contributed by atoms with Crippen LogP contribution in [0.3, 0.4) is 0 Å². The predicted molar refractivity (Wildman–Crippen MR) is 222 cm³/mol. The predicted octanol–water partition coefficient (Wildman–Crippen LogP) is 13.8. The van der Waals surface area contributed by atoms with E-state index in [1.165, 1.54) is 82.4 Å². The fraction of sp³-hybridized carbons (Fsp3) is 0. The van der Waals surface area contributed by atoms with Gasteiger partial charge in [-0.1, -0.05) is 146 Å². The Morgan fingerprint density at radius 2 is 0.904 bits per heavy atom. The van der Waals surface area contributed by atoms with Gasteiger partial charge in [0.15, 0.2) is 0 Å². The van der Waals surface area contributed by atoms with Gasteiger partial charge in [0.2, 0.25) is 0 Å². The van der Waals surface area contributed by atoms with Gasteiger partial charge in [-0.05, 0) is 104 Å². The Bertz CT molecular complexity index is 2920. The van der Waals surface area contributed by atoms with Crippen LogP contribution in [0.4, 0.5) is 11.4 Å². The Morgan fingerprint density at radius 1 is 0.327 bits per heavy atom. The zero-order valence-electron chi connectivity index (χ0n) is 28.5. The van der Waals surface area contributed by atoms with Gasteiger partial charge in [0.05, 0.1) is 11.0 Å². The Balaban J connectivity index is 1.00. The SMILES string of the molecule is c1ccc(-c2cc(-c3ccc(-c4ccc5c(c4)c4ccccc4n5-c4ccc5ccccc5c4)cc3)ccc2Nc2ccc3ccccc3c2)cc1. The van der Waals surface area contributed by atoms with Gasteiger partial charge < -0.3 is 9.88 Å². The zero-order chi connectivity index (χ0) is 34.4. The topological polar surface area (TPSA) is 17.0 Å². The number of nitrogens with one attached hydrogen (secondary N) is 1. The van der Waals surface area contributed by atoms with Gasteiger partial charge in [0.25, 0.3) is 0 Å². The van der Waals surface area contributed by atoms with E-state index in [0.717, 1.165) is 11.4 Å². The molecule has 0 fully saturated rings. The van der Waals surface area contributed by atoms with E-state index in [4.69, 9.17) is 0 Å². The van der Waals surface area contributed by atoms with E-state index in [1.54, 1.807) is 0 Å². The summed E-state index contributed by atoms with van der Waals surface area (Å²) in [7, 11) is 0. The zero-order valence-corrected chi connectivity index (χ0v) is 28.5. The van der Waals surface area contributed by atoms with Crippen molar-refractivity contribution < 1.29 is 0 Å². The maximum atomic E-state index is 3.72. The van der Waals surface area contributed by atoms with Gasteiger partial charge in [-0.25, -0.2) is 0 Å². The van der Waals surface area contributed by atoms with E-state index in [0.29, 0.717) is 0 Å². The Hall–Kier alpha value is -6.90. The summed E-state index contributed by atoms with van der Waals surface area (Å²) in [6, 6.07) is 72.4. The van der Waals surface area contributed by atoms with Crippen LogP contribution in [0, 0.1) is 0 Å². The molecule has 0 aliphatic heterocycles. The van der Waals surface area contributed by atoms with E-state index in [1.807, 2.05) is 0 Å². The molecular weight excluding hydrogens is 629 g/mol. The number of fused-ring (bicyclic) bond motifs is 5. The van der Waals surface area contributed by atoms with Crippen molar-refractivity contribution in [1.29, 1.82) is 0 Å². The third-order valence-electron chi connectivity index (χ3n) is 10.3. The summed E-state index contributed by atoms with van der Waals surface area (Å²) in [5.41, 5.74) is 12.9. The highest BCUT2D eigenvalue weighted by atomic mass is 15.0. The number of para-hydroxylation sites is 1. The lowest BCUT2D eigenvalue weighted by molar-refractivity contribution is 1.19. The number of rotatable bonds is 6. The number of aromatic nitrogens is 1. The number of benzene rings is 9. The van der Waals surface area contributed by atoms with Crippen molar-refractivity contribution in [2.24, 2.45) is 0 Å². The highest BCUT2D eigenvalue weighted by molar-refractivity contribution is 6.10. The van der Waals surface area contributed by atoms with E-state index >= 15 is 0 Å². The molecule has 244 valence electrons. The molecule has 0 aliphatic rings.